The number of fused-ring (bicyclic) bond motifs is 4. The topological polar surface area (TPSA) is 15.3 Å². The first-order valence-corrected chi connectivity index (χ1v) is 11.2. The predicted molar refractivity (Wildman–Crippen MR) is 129 cm³/mol. The third-order valence-corrected chi connectivity index (χ3v) is 6.80. The van der Waals surface area contributed by atoms with E-state index in [-0.39, 0.29) is 6.04 Å². The average molecular weight is 403 g/mol. The van der Waals surface area contributed by atoms with Crippen LogP contribution in [0.4, 0.5) is 17.1 Å². The van der Waals surface area contributed by atoms with Crippen LogP contribution in [-0.2, 0) is 25.8 Å². The molecule has 4 aromatic rings. The SMILES string of the molecule is c1ccc2c(c1)CNc1ccccc1C(N1c3ccccc3CCc3ccccc31)C2. The highest BCUT2D eigenvalue weighted by Crippen LogP contribution is 2.45. The highest BCUT2D eigenvalue weighted by Gasteiger charge is 2.31. The molecule has 1 unspecified atom stereocenters. The summed E-state index contributed by atoms with van der Waals surface area (Å²) in [4.78, 5) is 2.61. The Balaban J connectivity index is 1.60. The van der Waals surface area contributed by atoms with Crippen LogP contribution in [0.5, 0.6) is 0 Å². The second kappa shape index (κ2) is 7.63. The van der Waals surface area contributed by atoms with E-state index in [1.54, 1.807) is 0 Å². The molecule has 6 rings (SSSR count). The molecule has 0 fully saturated rings. The summed E-state index contributed by atoms with van der Waals surface area (Å²) in [6, 6.07) is 35.9. The smallest absolute Gasteiger partial charge is 0.0652 e. The maximum absolute atomic E-state index is 3.73. The van der Waals surface area contributed by atoms with Crippen LogP contribution in [0.25, 0.3) is 0 Å². The molecular formula is C29H26N2. The first-order valence-electron chi connectivity index (χ1n) is 11.2. The third-order valence-electron chi connectivity index (χ3n) is 6.80. The zero-order valence-corrected chi connectivity index (χ0v) is 17.6. The summed E-state index contributed by atoms with van der Waals surface area (Å²) in [6.45, 7) is 0.868. The highest BCUT2D eigenvalue weighted by atomic mass is 15.2. The van der Waals surface area contributed by atoms with Gasteiger partial charge < -0.3 is 10.2 Å². The summed E-state index contributed by atoms with van der Waals surface area (Å²) in [5.74, 6) is 0. The molecule has 2 heterocycles. The minimum atomic E-state index is 0.213. The lowest BCUT2D eigenvalue weighted by molar-refractivity contribution is 0.682. The first kappa shape index (κ1) is 18.3. The Bertz CT molecular complexity index is 1200. The summed E-state index contributed by atoms with van der Waals surface area (Å²) in [5.41, 5.74) is 11.0. The van der Waals surface area contributed by atoms with Crippen LogP contribution in [0, 0.1) is 0 Å². The van der Waals surface area contributed by atoms with Crippen molar-refractivity contribution in [3.8, 4) is 0 Å². The van der Waals surface area contributed by atoms with Crippen molar-refractivity contribution in [1.29, 1.82) is 0 Å². The van der Waals surface area contributed by atoms with Crippen molar-refractivity contribution in [2.45, 2.75) is 31.8 Å². The molecule has 152 valence electrons. The van der Waals surface area contributed by atoms with Crippen LogP contribution in [-0.4, -0.2) is 0 Å². The number of aryl methyl sites for hydroxylation is 2. The van der Waals surface area contributed by atoms with Crippen molar-refractivity contribution in [3.63, 3.8) is 0 Å². The van der Waals surface area contributed by atoms with Crippen LogP contribution in [0.15, 0.2) is 97.1 Å². The van der Waals surface area contributed by atoms with E-state index in [0.29, 0.717) is 0 Å². The van der Waals surface area contributed by atoms with Gasteiger partial charge in [0.15, 0.2) is 0 Å². The van der Waals surface area contributed by atoms with Crippen molar-refractivity contribution in [2.75, 3.05) is 10.2 Å². The van der Waals surface area contributed by atoms with Gasteiger partial charge in [0.05, 0.1) is 6.04 Å². The molecule has 2 aliphatic heterocycles. The second-order valence-corrected chi connectivity index (χ2v) is 8.56. The summed E-state index contributed by atoms with van der Waals surface area (Å²) in [5, 5.41) is 3.73. The zero-order valence-electron chi connectivity index (χ0n) is 17.6. The number of rotatable bonds is 1. The van der Waals surface area contributed by atoms with Gasteiger partial charge in [-0.3, -0.25) is 0 Å². The van der Waals surface area contributed by atoms with Gasteiger partial charge in [0, 0.05) is 23.6 Å². The molecule has 0 amide bonds. The Kier molecular flexibility index (Phi) is 4.49. The van der Waals surface area contributed by atoms with Crippen molar-refractivity contribution in [1.82, 2.24) is 0 Å². The van der Waals surface area contributed by atoms with Crippen LogP contribution in [0.1, 0.15) is 33.9 Å². The van der Waals surface area contributed by atoms with E-state index in [4.69, 9.17) is 0 Å². The van der Waals surface area contributed by atoms with Crippen molar-refractivity contribution in [3.05, 3.63) is 125 Å². The Labute approximate surface area is 184 Å². The molecular weight excluding hydrogens is 376 g/mol. The minimum absolute atomic E-state index is 0.213. The molecule has 2 aliphatic rings. The van der Waals surface area contributed by atoms with Gasteiger partial charge in [-0.25, -0.2) is 0 Å². The van der Waals surface area contributed by atoms with Crippen molar-refractivity contribution < 1.29 is 0 Å². The average Bonchev–Trinajstić information content (AvgIpc) is 2.98. The van der Waals surface area contributed by atoms with Crippen LogP contribution >= 0.6 is 0 Å². The molecule has 1 atom stereocenters. The molecule has 2 heteroatoms. The lowest BCUT2D eigenvalue weighted by atomic mass is 9.90. The standard InChI is InChI=1S/C29H26N2/c1-2-12-24-20-30-26-14-6-5-13-25(26)29(19-23(24)11-1)31-27-15-7-3-9-21(27)17-18-22-10-4-8-16-28(22)31/h1-16,29-30H,17-20H2. The monoisotopic (exact) mass is 402 g/mol. The van der Waals surface area contributed by atoms with Crippen molar-refractivity contribution in [2.24, 2.45) is 0 Å². The van der Waals surface area contributed by atoms with E-state index in [1.807, 2.05) is 0 Å². The van der Waals surface area contributed by atoms with Gasteiger partial charge in [-0.15, -0.1) is 0 Å². The fourth-order valence-corrected chi connectivity index (χ4v) is 5.27. The molecule has 0 saturated carbocycles. The van der Waals surface area contributed by atoms with Crippen molar-refractivity contribution >= 4 is 17.1 Å². The number of benzene rings is 4. The van der Waals surface area contributed by atoms with Crippen LogP contribution in [0.2, 0.25) is 0 Å². The second-order valence-electron chi connectivity index (χ2n) is 8.56. The largest absolute Gasteiger partial charge is 0.381 e. The Morgan fingerprint density at radius 3 is 1.84 bits per heavy atom. The van der Waals surface area contributed by atoms with E-state index in [0.717, 1.165) is 25.8 Å². The minimum Gasteiger partial charge on any atom is -0.381 e. The number of para-hydroxylation sites is 3. The van der Waals surface area contributed by atoms with Gasteiger partial charge in [0.25, 0.3) is 0 Å². The van der Waals surface area contributed by atoms with E-state index in [9.17, 15) is 0 Å². The fraction of sp³-hybridized carbons (Fsp3) is 0.172. The molecule has 0 aromatic heterocycles. The molecule has 1 N–H and O–H groups in total. The van der Waals surface area contributed by atoms with Gasteiger partial charge in [-0.05, 0) is 65.3 Å². The lowest BCUT2D eigenvalue weighted by Crippen LogP contribution is -2.29. The summed E-state index contributed by atoms with van der Waals surface area (Å²) >= 11 is 0. The van der Waals surface area contributed by atoms with E-state index >= 15 is 0 Å². The molecule has 0 saturated heterocycles. The normalized spacial score (nSPS) is 17.0. The zero-order chi connectivity index (χ0) is 20.6. The molecule has 31 heavy (non-hydrogen) atoms. The molecule has 2 nitrogen and oxygen atoms in total. The summed E-state index contributed by atoms with van der Waals surface area (Å²) in [6.07, 6.45) is 3.14. The molecule has 0 bridgehead atoms. The highest BCUT2D eigenvalue weighted by molar-refractivity contribution is 5.74. The Hall–Kier alpha value is -3.52. The Morgan fingerprint density at radius 1 is 0.581 bits per heavy atom. The number of hydrogen-bond acceptors (Lipinski definition) is 2. The number of nitrogens with zero attached hydrogens (tertiary/aromatic N) is 1. The molecule has 0 spiro atoms. The van der Waals surface area contributed by atoms with E-state index in [2.05, 4.69) is 107 Å². The van der Waals surface area contributed by atoms with Crippen LogP contribution in [0.3, 0.4) is 0 Å². The van der Waals surface area contributed by atoms with Gasteiger partial charge in [-0.2, -0.15) is 0 Å². The quantitative estimate of drug-likeness (QED) is 0.375. The predicted octanol–water partition coefficient (Wildman–Crippen LogP) is 6.83. The van der Waals surface area contributed by atoms with E-state index < -0.39 is 0 Å². The van der Waals surface area contributed by atoms with Gasteiger partial charge in [-0.1, -0.05) is 78.9 Å². The van der Waals surface area contributed by atoms with Gasteiger partial charge in [0.1, 0.15) is 0 Å². The summed E-state index contributed by atoms with van der Waals surface area (Å²) < 4.78 is 0. The maximum Gasteiger partial charge on any atom is 0.0652 e. The van der Waals surface area contributed by atoms with Gasteiger partial charge >= 0.3 is 0 Å². The molecule has 4 aromatic carbocycles. The number of hydrogen-bond donors (Lipinski definition) is 1. The summed E-state index contributed by atoms with van der Waals surface area (Å²) in [7, 11) is 0. The number of anilines is 3. The van der Waals surface area contributed by atoms with Gasteiger partial charge in [0.2, 0.25) is 0 Å². The maximum atomic E-state index is 3.73. The molecule has 0 radical (unpaired) electrons. The fourth-order valence-electron chi connectivity index (χ4n) is 5.27. The Morgan fingerprint density at radius 2 is 1.13 bits per heavy atom. The van der Waals surface area contributed by atoms with E-state index in [1.165, 1.54) is 44.9 Å². The molecule has 0 aliphatic carbocycles. The lowest BCUT2D eigenvalue weighted by Gasteiger charge is -2.38. The first-order chi connectivity index (χ1) is 15.4. The van der Waals surface area contributed by atoms with Crippen LogP contribution < -0.4 is 10.2 Å². The third kappa shape index (κ3) is 3.19. The number of nitrogens with one attached hydrogen (secondary N) is 1.